The lowest BCUT2D eigenvalue weighted by Gasteiger charge is -2.36. The fourth-order valence-corrected chi connectivity index (χ4v) is 7.15. The normalized spacial score (nSPS) is 15.5. The molecule has 6 nitrogen and oxygen atoms in total. The summed E-state index contributed by atoms with van der Waals surface area (Å²) in [5.74, 6) is 0.225. The van der Waals surface area contributed by atoms with Gasteiger partial charge in [0.2, 0.25) is 0 Å². The molecule has 236 valence electrons. The lowest BCUT2D eigenvalue weighted by molar-refractivity contribution is -0.146. The van der Waals surface area contributed by atoms with Gasteiger partial charge in [0.25, 0.3) is 0 Å². The molecule has 0 saturated carbocycles. The minimum atomic E-state index is -4.38. The predicted octanol–water partition coefficient (Wildman–Crippen LogP) is 7.85. The fourth-order valence-electron chi connectivity index (χ4n) is 5.69. The molecule has 6 rings (SSSR count). The Hall–Kier alpha value is -3.25. The zero-order valence-corrected chi connectivity index (χ0v) is 27.0. The first-order chi connectivity index (χ1) is 21.7. The van der Waals surface area contributed by atoms with Gasteiger partial charge in [-0.1, -0.05) is 52.0 Å². The molecule has 2 aliphatic heterocycles. The number of carbonyl (C=O) groups is 1. The molecule has 0 aromatic heterocycles. The van der Waals surface area contributed by atoms with E-state index in [1.165, 1.54) is 17.8 Å². The van der Waals surface area contributed by atoms with Crippen LogP contribution in [0.5, 0.6) is 5.75 Å². The van der Waals surface area contributed by atoms with Gasteiger partial charge in [-0.25, -0.2) is 4.79 Å². The number of nitrogens with zero attached hydrogens (tertiary/aromatic N) is 3. The first-order valence-electron chi connectivity index (χ1n) is 14.9. The van der Waals surface area contributed by atoms with Crippen LogP contribution in [0.15, 0.2) is 93.1 Å². The highest BCUT2D eigenvalue weighted by molar-refractivity contribution is 9.10. The highest BCUT2D eigenvalue weighted by Gasteiger charge is 2.33. The molecule has 0 bridgehead atoms. The Balaban J connectivity index is 0.924. The van der Waals surface area contributed by atoms with E-state index in [-0.39, 0.29) is 6.61 Å². The Kier molecular flexibility index (Phi) is 9.89. The summed E-state index contributed by atoms with van der Waals surface area (Å²) in [6.45, 7) is 5.80. The Morgan fingerprint density at radius 1 is 0.800 bits per heavy atom. The summed E-state index contributed by atoms with van der Waals surface area (Å²) in [4.78, 5) is 20.8. The van der Waals surface area contributed by atoms with E-state index in [0.29, 0.717) is 31.1 Å². The van der Waals surface area contributed by atoms with E-state index in [4.69, 9.17) is 9.47 Å². The summed E-state index contributed by atoms with van der Waals surface area (Å²) in [5.41, 5.74) is 0.938. The monoisotopic (exact) mass is 699 g/mol. The number of esters is 1. The number of fused-ring (bicyclic) bond motifs is 3. The number of halogens is 4. The topological polar surface area (TPSA) is 45.3 Å². The van der Waals surface area contributed by atoms with Gasteiger partial charge in [-0.2, -0.15) is 13.2 Å². The van der Waals surface area contributed by atoms with Crippen molar-refractivity contribution >= 4 is 55.8 Å². The summed E-state index contributed by atoms with van der Waals surface area (Å²) in [7, 11) is 0. The van der Waals surface area contributed by atoms with Crippen LogP contribution in [0.3, 0.4) is 0 Å². The summed E-state index contributed by atoms with van der Waals surface area (Å²) < 4.78 is 52.6. The molecule has 0 atom stereocenters. The molecule has 0 amide bonds. The number of piperazine rings is 1. The molecule has 0 aliphatic carbocycles. The second-order valence-electron chi connectivity index (χ2n) is 11.1. The number of carbonyl (C=O) groups excluding carboxylic acids is 1. The third-order valence-corrected chi connectivity index (χ3v) is 9.70. The molecule has 2 heterocycles. The van der Waals surface area contributed by atoms with Crippen molar-refractivity contribution < 1.29 is 27.4 Å². The Labute approximate surface area is 273 Å². The molecule has 45 heavy (non-hydrogen) atoms. The van der Waals surface area contributed by atoms with Gasteiger partial charge < -0.3 is 19.3 Å². The minimum absolute atomic E-state index is 0.141. The molecule has 1 fully saturated rings. The number of rotatable bonds is 10. The van der Waals surface area contributed by atoms with Crippen LogP contribution in [0.25, 0.3) is 10.8 Å². The molecule has 2 aliphatic rings. The number of para-hydroxylation sites is 1. The van der Waals surface area contributed by atoms with Crippen molar-refractivity contribution in [2.45, 2.75) is 22.4 Å². The molecule has 4 aromatic carbocycles. The van der Waals surface area contributed by atoms with E-state index >= 15 is 0 Å². The molecular formula is C34H33BrF3N3O3S. The Morgan fingerprint density at radius 3 is 2.31 bits per heavy atom. The molecule has 0 radical (unpaired) electrons. The SMILES string of the molecule is O=C(COc1ccc2cc(Br)ccc2c1)OCCN1CCN(CCCN2c3ccccc3Sc3ccc(C(F)(F)F)cc32)CC1. The molecule has 0 spiro atoms. The van der Waals surface area contributed by atoms with E-state index in [9.17, 15) is 18.0 Å². The average molecular weight is 701 g/mol. The van der Waals surface area contributed by atoms with Crippen LogP contribution < -0.4 is 9.64 Å². The number of benzene rings is 4. The van der Waals surface area contributed by atoms with Crippen molar-refractivity contribution in [2.24, 2.45) is 0 Å². The van der Waals surface area contributed by atoms with Gasteiger partial charge in [-0.3, -0.25) is 4.90 Å². The van der Waals surface area contributed by atoms with Crippen molar-refractivity contribution in [2.75, 3.05) is 63.9 Å². The largest absolute Gasteiger partial charge is 0.482 e. The van der Waals surface area contributed by atoms with Gasteiger partial charge >= 0.3 is 12.1 Å². The molecule has 4 aromatic rings. The standard InChI is InChI=1S/C34H33BrF3N3O3S/c35-27-9-6-25-21-28(10-7-24(25)20-27)44-23-33(42)43-19-18-40-16-14-39(15-17-40)12-3-13-41-29-4-1-2-5-31(29)45-32-11-8-26(22-30(32)41)34(36,37)38/h1-2,4-11,20-22H,3,12-19,23H2. The second kappa shape index (κ2) is 14.0. The zero-order valence-electron chi connectivity index (χ0n) is 24.6. The van der Waals surface area contributed by atoms with Crippen LogP contribution >= 0.6 is 27.7 Å². The lowest BCUT2D eigenvalue weighted by Crippen LogP contribution is -2.47. The summed E-state index contributed by atoms with van der Waals surface area (Å²) in [5, 5.41) is 2.11. The second-order valence-corrected chi connectivity index (χ2v) is 13.1. The average Bonchev–Trinajstić information content (AvgIpc) is 3.03. The predicted molar refractivity (Wildman–Crippen MR) is 175 cm³/mol. The van der Waals surface area contributed by atoms with Gasteiger partial charge in [-0.05, 0) is 78.3 Å². The molecule has 0 N–H and O–H groups in total. The van der Waals surface area contributed by atoms with Crippen molar-refractivity contribution in [1.29, 1.82) is 0 Å². The van der Waals surface area contributed by atoms with Gasteiger partial charge in [0.15, 0.2) is 6.61 Å². The van der Waals surface area contributed by atoms with E-state index < -0.39 is 17.7 Å². The van der Waals surface area contributed by atoms with Gasteiger partial charge in [-0.15, -0.1) is 0 Å². The van der Waals surface area contributed by atoms with Crippen LogP contribution in [0.2, 0.25) is 0 Å². The van der Waals surface area contributed by atoms with E-state index in [2.05, 4.69) is 25.7 Å². The Morgan fingerprint density at radius 2 is 1.51 bits per heavy atom. The first kappa shape index (κ1) is 31.7. The third kappa shape index (κ3) is 7.95. The van der Waals surface area contributed by atoms with E-state index in [0.717, 1.165) is 75.9 Å². The summed E-state index contributed by atoms with van der Waals surface area (Å²) >= 11 is 4.98. The number of anilines is 2. The van der Waals surface area contributed by atoms with Crippen LogP contribution in [0.1, 0.15) is 12.0 Å². The van der Waals surface area contributed by atoms with Crippen molar-refractivity contribution in [3.8, 4) is 5.75 Å². The molecule has 1 saturated heterocycles. The van der Waals surface area contributed by atoms with Crippen molar-refractivity contribution in [3.63, 3.8) is 0 Å². The number of hydrogen-bond acceptors (Lipinski definition) is 7. The smallest absolute Gasteiger partial charge is 0.416 e. The maximum atomic E-state index is 13.5. The van der Waals surface area contributed by atoms with Gasteiger partial charge in [0.05, 0.1) is 16.9 Å². The van der Waals surface area contributed by atoms with Crippen LogP contribution in [0, 0.1) is 0 Å². The summed E-state index contributed by atoms with van der Waals surface area (Å²) in [6.07, 6.45) is -3.56. The zero-order chi connectivity index (χ0) is 31.4. The molecule has 11 heteroatoms. The number of alkyl halides is 3. The molecular weight excluding hydrogens is 667 g/mol. The van der Waals surface area contributed by atoms with E-state index in [1.807, 2.05) is 65.6 Å². The summed E-state index contributed by atoms with van der Waals surface area (Å²) in [6, 6.07) is 23.6. The minimum Gasteiger partial charge on any atom is -0.482 e. The highest BCUT2D eigenvalue weighted by atomic mass is 79.9. The maximum absolute atomic E-state index is 13.5. The van der Waals surface area contributed by atoms with Crippen LogP contribution in [-0.2, 0) is 15.7 Å². The van der Waals surface area contributed by atoms with Crippen LogP contribution in [0.4, 0.5) is 24.5 Å². The van der Waals surface area contributed by atoms with Gasteiger partial charge in [0.1, 0.15) is 12.4 Å². The number of hydrogen-bond donors (Lipinski definition) is 0. The lowest BCUT2D eigenvalue weighted by atomic mass is 10.1. The molecule has 0 unspecified atom stereocenters. The van der Waals surface area contributed by atoms with Crippen LogP contribution in [-0.4, -0.2) is 74.8 Å². The maximum Gasteiger partial charge on any atom is 0.416 e. The van der Waals surface area contributed by atoms with Crippen molar-refractivity contribution in [3.05, 3.63) is 88.9 Å². The first-order valence-corrected chi connectivity index (χ1v) is 16.5. The third-order valence-electron chi connectivity index (χ3n) is 8.08. The quantitative estimate of drug-likeness (QED) is 0.156. The van der Waals surface area contributed by atoms with Gasteiger partial charge in [0, 0.05) is 53.5 Å². The fraction of sp³-hybridized carbons (Fsp3) is 0.324. The Bertz CT molecular complexity index is 1660. The van der Waals surface area contributed by atoms with E-state index in [1.54, 1.807) is 6.07 Å². The van der Waals surface area contributed by atoms with Crippen molar-refractivity contribution in [1.82, 2.24) is 9.80 Å². The highest BCUT2D eigenvalue weighted by Crippen LogP contribution is 2.49. The number of ether oxygens (including phenoxy) is 2.